The maximum Gasteiger partial charge on any atom is 0.341 e. The monoisotopic (exact) mass is 422 g/mol. The Hall–Kier alpha value is -3.39. The van der Waals surface area contributed by atoms with Crippen molar-refractivity contribution in [1.29, 1.82) is 0 Å². The first kappa shape index (κ1) is 19.6. The largest absolute Gasteiger partial charge is 0.477 e. The zero-order valence-corrected chi connectivity index (χ0v) is 16.8. The van der Waals surface area contributed by atoms with Crippen LogP contribution in [0.4, 0.5) is 15.8 Å². The van der Waals surface area contributed by atoms with E-state index in [0.29, 0.717) is 36.5 Å². The highest BCUT2D eigenvalue weighted by Crippen LogP contribution is 2.38. The number of halogens is 1. The molecule has 0 amide bonds. The first-order valence-electron chi connectivity index (χ1n) is 10.4. The van der Waals surface area contributed by atoms with Gasteiger partial charge in [0.25, 0.3) is 0 Å². The molecule has 0 bridgehead atoms. The zero-order valence-electron chi connectivity index (χ0n) is 16.8. The van der Waals surface area contributed by atoms with Crippen LogP contribution in [0.2, 0.25) is 0 Å². The second-order valence-corrected chi connectivity index (χ2v) is 8.26. The number of fused-ring (bicyclic) bond motifs is 1. The van der Waals surface area contributed by atoms with Gasteiger partial charge in [0.2, 0.25) is 5.43 Å². The summed E-state index contributed by atoms with van der Waals surface area (Å²) >= 11 is 0. The number of pyridine rings is 1. The third-order valence-electron chi connectivity index (χ3n) is 6.10. The molecule has 1 saturated carbocycles. The minimum absolute atomic E-state index is 0.00708. The number of hydrogen-bond donors (Lipinski definition) is 3. The number of hydrogen-bond acceptors (Lipinski definition) is 5. The highest BCUT2D eigenvalue weighted by molar-refractivity contribution is 5.93. The number of rotatable bonds is 4. The lowest BCUT2D eigenvalue weighted by molar-refractivity contribution is 0.0695. The molecule has 2 heterocycles. The van der Waals surface area contributed by atoms with Gasteiger partial charge in [0, 0.05) is 49.0 Å². The van der Waals surface area contributed by atoms with Gasteiger partial charge < -0.3 is 25.6 Å². The van der Waals surface area contributed by atoms with E-state index in [-0.39, 0.29) is 23.0 Å². The molecule has 2 aliphatic rings. The van der Waals surface area contributed by atoms with E-state index >= 15 is 4.39 Å². The van der Waals surface area contributed by atoms with Gasteiger partial charge in [0.1, 0.15) is 11.4 Å². The number of anilines is 2. The first-order valence-corrected chi connectivity index (χ1v) is 10.4. The van der Waals surface area contributed by atoms with Crippen molar-refractivity contribution in [2.45, 2.75) is 24.9 Å². The summed E-state index contributed by atoms with van der Waals surface area (Å²) in [5.41, 5.74) is 7.65. The number of piperazine rings is 1. The third-order valence-corrected chi connectivity index (χ3v) is 6.10. The van der Waals surface area contributed by atoms with E-state index in [1.165, 1.54) is 12.3 Å². The van der Waals surface area contributed by atoms with Gasteiger partial charge in [-0.25, -0.2) is 9.18 Å². The number of aromatic carboxylic acids is 1. The molecule has 1 unspecified atom stereocenters. The maximum atomic E-state index is 15.2. The van der Waals surface area contributed by atoms with Crippen LogP contribution in [0.1, 0.15) is 40.8 Å². The smallest absolute Gasteiger partial charge is 0.341 e. The van der Waals surface area contributed by atoms with Gasteiger partial charge >= 0.3 is 5.97 Å². The third kappa shape index (κ3) is 3.53. The molecule has 4 N–H and O–H groups in total. The number of carboxylic acids is 1. The van der Waals surface area contributed by atoms with Crippen LogP contribution in [0.25, 0.3) is 10.9 Å². The molecule has 7 nitrogen and oxygen atoms in total. The molecule has 5 rings (SSSR count). The van der Waals surface area contributed by atoms with Crippen molar-refractivity contribution in [3.8, 4) is 0 Å². The fourth-order valence-electron chi connectivity index (χ4n) is 4.38. The number of aromatic nitrogens is 1. The molecule has 8 heteroatoms. The second kappa shape index (κ2) is 7.39. The minimum Gasteiger partial charge on any atom is -0.477 e. The molecule has 31 heavy (non-hydrogen) atoms. The van der Waals surface area contributed by atoms with Crippen molar-refractivity contribution in [2.24, 2.45) is 0 Å². The summed E-state index contributed by atoms with van der Waals surface area (Å²) in [5.74, 6) is -1.82. The van der Waals surface area contributed by atoms with Crippen molar-refractivity contribution >= 4 is 28.2 Å². The summed E-state index contributed by atoms with van der Waals surface area (Å²) in [6, 6.07) is 10.7. The number of nitrogens with one attached hydrogen (secondary N) is 1. The Morgan fingerprint density at radius 1 is 1.23 bits per heavy atom. The average molecular weight is 422 g/mol. The van der Waals surface area contributed by atoms with E-state index in [4.69, 9.17) is 5.73 Å². The molecule has 160 valence electrons. The van der Waals surface area contributed by atoms with E-state index in [9.17, 15) is 14.7 Å². The fourth-order valence-corrected chi connectivity index (χ4v) is 4.38. The van der Waals surface area contributed by atoms with Gasteiger partial charge in [-0.3, -0.25) is 4.79 Å². The normalized spacial score (nSPS) is 19.0. The van der Waals surface area contributed by atoms with Crippen molar-refractivity contribution < 1.29 is 14.3 Å². The minimum atomic E-state index is -1.29. The molecule has 1 atom stereocenters. The summed E-state index contributed by atoms with van der Waals surface area (Å²) in [6.45, 7) is 1.83. The SMILES string of the molecule is Nc1cccc(C2CN(c3cc4c(cc3F)c(=O)c(C(=O)O)cn4C3CC3)CCN2)c1. The highest BCUT2D eigenvalue weighted by Gasteiger charge is 2.29. The molecule has 1 aromatic heterocycles. The lowest BCUT2D eigenvalue weighted by Crippen LogP contribution is -2.46. The first-order chi connectivity index (χ1) is 14.9. The number of nitrogens with zero attached hydrogens (tertiary/aromatic N) is 2. The Balaban J connectivity index is 1.58. The Morgan fingerprint density at radius 3 is 2.74 bits per heavy atom. The van der Waals surface area contributed by atoms with Crippen LogP contribution in [-0.2, 0) is 0 Å². The van der Waals surface area contributed by atoms with Crippen LogP contribution in [0, 0.1) is 5.82 Å². The fraction of sp³-hybridized carbons (Fsp3) is 0.304. The lowest BCUT2D eigenvalue weighted by Gasteiger charge is -2.36. The van der Waals surface area contributed by atoms with Crippen molar-refractivity contribution in [3.63, 3.8) is 0 Å². The van der Waals surface area contributed by atoms with E-state index < -0.39 is 17.2 Å². The van der Waals surface area contributed by atoms with Gasteiger partial charge in [-0.05, 0) is 42.7 Å². The van der Waals surface area contributed by atoms with Gasteiger partial charge in [-0.15, -0.1) is 0 Å². The number of carbonyl (C=O) groups is 1. The molecule has 3 aromatic rings. The van der Waals surface area contributed by atoms with Crippen LogP contribution in [0.3, 0.4) is 0 Å². The van der Waals surface area contributed by atoms with E-state index in [2.05, 4.69) is 5.32 Å². The summed E-state index contributed by atoms with van der Waals surface area (Å²) in [5, 5.41) is 13.0. The highest BCUT2D eigenvalue weighted by atomic mass is 19.1. The summed E-state index contributed by atoms with van der Waals surface area (Å²) in [7, 11) is 0. The molecular formula is C23H23FN4O3. The molecule has 1 saturated heterocycles. The van der Waals surface area contributed by atoms with Gasteiger partial charge in [0.15, 0.2) is 0 Å². The second-order valence-electron chi connectivity index (χ2n) is 8.26. The number of nitrogens with two attached hydrogens (primary N) is 1. The van der Waals surface area contributed by atoms with E-state index in [1.54, 1.807) is 6.07 Å². The van der Waals surface area contributed by atoms with E-state index in [1.807, 2.05) is 33.7 Å². The molecule has 2 fully saturated rings. The number of benzene rings is 2. The van der Waals surface area contributed by atoms with Gasteiger partial charge in [-0.1, -0.05) is 12.1 Å². The zero-order chi connectivity index (χ0) is 21.7. The lowest BCUT2D eigenvalue weighted by atomic mass is 10.0. The standard InChI is InChI=1S/C23H23FN4O3/c24-18-9-16-20(28(15-4-5-15)11-17(22(16)29)23(30)31)10-21(18)27-7-6-26-19(12-27)13-2-1-3-14(25)8-13/h1-3,8-11,15,19,26H,4-7,12,25H2,(H,30,31). The van der Waals surface area contributed by atoms with Crippen LogP contribution >= 0.6 is 0 Å². The number of carboxylic acid groups (broad SMARTS) is 1. The summed E-state index contributed by atoms with van der Waals surface area (Å²) in [4.78, 5) is 26.2. The molecular weight excluding hydrogens is 399 g/mol. The molecule has 2 aromatic carbocycles. The Kier molecular flexibility index (Phi) is 4.66. The Morgan fingerprint density at radius 2 is 2.03 bits per heavy atom. The predicted molar refractivity (Wildman–Crippen MR) is 117 cm³/mol. The average Bonchev–Trinajstić information content (AvgIpc) is 3.59. The number of nitrogen functional groups attached to an aromatic ring is 1. The molecule has 1 aliphatic heterocycles. The quantitative estimate of drug-likeness (QED) is 0.559. The van der Waals surface area contributed by atoms with Crippen molar-refractivity contribution in [1.82, 2.24) is 9.88 Å². The summed E-state index contributed by atoms with van der Waals surface area (Å²) < 4.78 is 17.0. The van der Waals surface area contributed by atoms with Crippen LogP contribution in [0.5, 0.6) is 0 Å². The van der Waals surface area contributed by atoms with Gasteiger partial charge in [-0.2, -0.15) is 0 Å². The van der Waals surface area contributed by atoms with Crippen LogP contribution in [0.15, 0.2) is 47.4 Å². The maximum absolute atomic E-state index is 15.2. The van der Waals surface area contributed by atoms with E-state index in [0.717, 1.165) is 18.4 Å². The topological polar surface area (TPSA) is 101 Å². The van der Waals surface area contributed by atoms with Crippen molar-refractivity contribution in [3.05, 3.63) is 69.8 Å². The van der Waals surface area contributed by atoms with Crippen molar-refractivity contribution in [2.75, 3.05) is 30.3 Å². The van der Waals surface area contributed by atoms with Crippen LogP contribution in [-0.4, -0.2) is 35.3 Å². The molecule has 0 radical (unpaired) electrons. The Bertz CT molecular complexity index is 1250. The molecule has 1 aliphatic carbocycles. The predicted octanol–water partition coefficient (Wildman–Crippen LogP) is 2.91. The summed E-state index contributed by atoms with van der Waals surface area (Å²) in [6.07, 6.45) is 3.23. The Labute approximate surface area is 177 Å². The van der Waals surface area contributed by atoms with Crippen LogP contribution < -0.4 is 21.4 Å². The van der Waals surface area contributed by atoms with Gasteiger partial charge in [0.05, 0.1) is 11.2 Å². The molecule has 0 spiro atoms.